The molecule has 8 atom stereocenters. The van der Waals surface area contributed by atoms with Crippen LogP contribution < -0.4 is 71.0 Å². The number of rotatable bonds is 9. The molecule has 0 spiro atoms. The maximum atomic E-state index is 12.2. The van der Waals surface area contributed by atoms with Gasteiger partial charge in [-0.2, -0.15) is 0 Å². The molecule has 384 valence electrons. The van der Waals surface area contributed by atoms with Gasteiger partial charge in [0.15, 0.2) is 23.0 Å². The van der Waals surface area contributed by atoms with E-state index in [1.165, 1.54) is 145 Å². The molecule has 4 aliphatic carbocycles. The summed E-state index contributed by atoms with van der Waals surface area (Å²) >= 11 is 0. The first kappa shape index (κ1) is 50.5. The van der Waals surface area contributed by atoms with E-state index in [9.17, 15) is 9.90 Å². The van der Waals surface area contributed by atoms with Crippen molar-refractivity contribution in [1.82, 2.24) is 42.5 Å². The number of carbonyl (C=O) groups is 1. The average Bonchev–Trinajstić information content (AvgIpc) is 4.11. The molecule has 5 heterocycles. The number of fused-ring (bicyclic) bond motifs is 20. The molecular weight excluding hydrogens is 893 g/mol. The summed E-state index contributed by atoms with van der Waals surface area (Å²) in [6, 6.07) is 6.40. The van der Waals surface area contributed by atoms with Crippen LogP contribution in [0.1, 0.15) is 120 Å². The van der Waals surface area contributed by atoms with Crippen LogP contribution in [0.5, 0.6) is 34.5 Å². The van der Waals surface area contributed by atoms with Crippen molar-refractivity contribution in [3.05, 3.63) is 35.4 Å². The Morgan fingerprint density at radius 3 is 0.725 bits per heavy atom. The van der Waals surface area contributed by atoms with E-state index >= 15 is 0 Å². The fourth-order valence-corrected chi connectivity index (χ4v) is 15.0. The lowest BCUT2D eigenvalue weighted by molar-refractivity contribution is -0.137. The minimum atomic E-state index is -1.07. The second kappa shape index (κ2) is 22.2. The molecule has 9 N–H and O–H groups in total. The van der Waals surface area contributed by atoms with Gasteiger partial charge >= 0.3 is 5.97 Å². The largest absolute Gasteiger partial charge is 0.493 e. The van der Waals surface area contributed by atoms with Gasteiger partial charge in [-0.15, -0.1) is 0 Å². The van der Waals surface area contributed by atoms with Crippen molar-refractivity contribution in [2.24, 2.45) is 47.3 Å². The maximum Gasteiger partial charge on any atom is 0.315 e. The van der Waals surface area contributed by atoms with E-state index < -0.39 is 11.9 Å². The number of hydrogen-bond acceptors (Lipinski definition) is 15. The third kappa shape index (κ3) is 9.82. The van der Waals surface area contributed by atoms with Crippen molar-refractivity contribution in [1.29, 1.82) is 0 Å². The molecule has 17 heteroatoms. The van der Waals surface area contributed by atoms with Crippen LogP contribution in [0, 0.1) is 47.3 Å². The molecule has 0 amide bonds. The van der Waals surface area contributed by atoms with Gasteiger partial charge in [-0.25, -0.2) is 0 Å². The molecule has 16 nitrogen and oxygen atoms in total. The van der Waals surface area contributed by atoms with Crippen LogP contribution in [-0.2, 0) is 4.79 Å². The molecule has 9 fully saturated rings. The molecule has 2 aromatic rings. The highest BCUT2D eigenvalue weighted by Crippen LogP contribution is 2.48. The summed E-state index contributed by atoms with van der Waals surface area (Å²) in [6.07, 6.45) is 25.6. The summed E-state index contributed by atoms with van der Waals surface area (Å²) < 4.78 is 32.0. The molecule has 0 aromatic heterocycles. The van der Waals surface area contributed by atoms with Crippen LogP contribution in [0.15, 0.2) is 24.3 Å². The lowest BCUT2D eigenvalue weighted by Gasteiger charge is -2.35. The smallest absolute Gasteiger partial charge is 0.315 e. The SMILES string of the molecule is C1CCC2C3NC(NC4NC(NC5NC(NC6NC(N3)C3CCCCC63)C3CCCCC53)C3CCCCC43)C2C1.COc1cc(C(C(=O)O)c2cc(OC)c(OC)c(OC)c2)cc(OC)c1OC.[SiH4]. The van der Waals surface area contributed by atoms with Crippen LogP contribution >= 0.6 is 0 Å². The van der Waals surface area contributed by atoms with Gasteiger partial charge < -0.3 is 33.5 Å². The van der Waals surface area contributed by atoms with Crippen LogP contribution in [-0.4, -0.2) is 114 Å². The number of hydrogen-bond donors (Lipinski definition) is 9. The van der Waals surface area contributed by atoms with Crippen molar-refractivity contribution < 1.29 is 38.3 Å². The van der Waals surface area contributed by atoms with Gasteiger partial charge in [0.25, 0.3) is 0 Å². The second-order valence-corrected chi connectivity index (χ2v) is 21.3. The fourth-order valence-electron chi connectivity index (χ4n) is 15.0. The highest BCUT2D eigenvalue weighted by molar-refractivity contribution is 5.82. The van der Waals surface area contributed by atoms with Crippen molar-refractivity contribution in [2.75, 3.05) is 42.7 Å². The zero-order valence-electron chi connectivity index (χ0n) is 41.2. The summed E-state index contributed by atoms with van der Waals surface area (Å²) in [6.45, 7) is 0. The zero-order chi connectivity index (χ0) is 47.1. The van der Waals surface area contributed by atoms with Gasteiger partial charge in [-0.3, -0.25) is 47.3 Å². The van der Waals surface area contributed by atoms with Gasteiger partial charge in [0.2, 0.25) is 11.5 Å². The predicted octanol–water partition coefficient (Wildman–Crippen LogP) is 4.11. The van der Waals surface area contributed by atoms with Crippen molar-refractivity contribution in [2.45, 2.75) is 158 Å². The number of nitrogens with one attached hydrogen (secondary N) is 8. The monoisotopic (exact) mass is 977 g/mol. The first-order chi connectivity index (χ1) is 33.2. The summed E-state index contributed by atoms with van der Waals surface area (Å²) in [4.78, 5) is 12.2. The molecule has 8 bridgehead atoms. The summed E-state index contributed by atoms with van der Waals surface area (Å²) in [5, 5.41) is 43.8. The third-order valence-electron chi connectivity index (χ3n) is 18.1. The van der Waals surface area contributed by atoms with Crippen LogP contribution in [0.4, 0.5) is 0 Å². The topological polar surface area (TPSA) is 189 Å². The van der Waals surface area contributed by atoms with Gasteiger partial charge in [0.1, 0.15) is 5.92 Å². The molecular formula is C52H84N8O8Si. The average molecular weight is 977 g/mol. The lowest BCUT2D eigenvalue weighted by atomic mass is 9.76. The Labute approximate surface area is 414 Å². The Morgan fingerprint density at radius 2 is 0.580 bits per heavy atom. The fraction of sp³-hybridized carbons (Fsp3) is 0.750. The van der Waals surface area contributed by atoms with E-state index in [0.717, 1.165) is 47.3 Å². The molecule has 69 heavy (non-hydrogen) atoms. The highest BCUT2D eigenvalue weighted by atomic mass is 28.1. The van der Waals surface area contributed by atoms with Crippen molar-refractivity contribution >= 4 is 16.9 Å². The number of ether oxygens (including phenoxy) is 6. The summed E-state index contributed by atoms with van der Waals surface area (Å²) in [5.41, 5.74) is 0.882. The molecule has 9 aliphatic rings. The quantitative estimate of drug-likeness (QED) is 0.163. The molecule has 5 saturated heterocycles. The number of benzene rings is 2. The number of carboxylic acids is 1. The van der Waals surface area contributed by atoms with E-state index in [4.69, 9.17) is 28.4 Å². The molecule has 11 rings (SSSR count). The van der Waals surface area contributed by atoms with Gasteiger partial charge in [0, 0.05) is 0 Å². The van der Waals surface area contributed by atoms with E-state index in [-0.39, 0.29) is 11.0 Å². The van der Waals surface area contributed by atoms with Gasteiger partial charge in [0.05, 0.1) is 92.0 Å². The van der Waals surface area contributed by atoms with Crippen molar-refractivity contribution in [3.8, 4) is 34.5 Å². The molecule has 5 aliphatic heterocycles. The molecule has 2 aromatic carbocycles. The number of methoxy groups -OCH3 is 6. The van der Waals surface area contributed by atoms with Gasteiger partial charge in [-0.05, 0) is 145 Å². The molecule has 8 unspecified atom stereocenters. The Balaban J connectivity index is 0.000000182. The first-order valence-corrected chi connectivity index (χ1v) is 26.2. The maximum absolute atomic E-state index is 12.2. The van der Waals surface area contributed by atoms with Crippen LogP contribution in [0.25, 0.3) is 0 Å². The Hall–Kier alpha value is -3.39. The van der Waals surface area contributed by atoms with E-state index in [0.29, 0.717) is 95.0 Å². The number of aliphatic carboxylic acids is 1. The highest BCUT2D eigenvalue weighted by Gasteiger charge is 2.54. The summed E-state index contributed by atoms with van der Waals surface area (Å²) in [5.74, 6) is 6.05. The van der Waals surface area contributed by atoms with E-state index in [2.05, 4.69) is 42.5 Å². The third-order valence-corrected chi connectivity index (χ3v) is 18.1. The first-order valence-electron chi connectivity index (χ1n) is 26.2. The predicted molar refractivity (Wildman–Crippen MR) is 270 cm³/mol. The van der Waals surface area contributed by atoms with E-state index in [1.807, 2.05) is 0 Å². The standard InChI is InChI=1S/C32H56N8.C20H24O8.H4Si/c1-2-10-18-17(9-1)25-33-26(18)38-28-21-13-5-6-14-22(21)30(35-28)40-32-24-16-8-7-15-23(24)31(36-32)39-29-20-12-4-3-11-19(20)27(34-29)37-25;1-23-13-7-11(8-14(24-2)18(13)27-5)17(20(21)22)12-9-15(25-3)19(28-6)16(10-12)26-4;/h17-40H,1-16H2;7-10,17H,1-6H3,(H,21,22);1H4. The molecule has 4 saturated carbocycles. The minimum absolute atomic E-state index is 0. The Bertz CT molecular complexity index is 1750. The molecule has 0 radical (unpaired) electrons. The Morgan fingerprint density at radius 1 is 0.391 bits per heavy atom. The Kier molecular flexibility index (Phi) is 16.2. The van der Waals surface area contributed by atoms with Crippen molar-refractivity contribution in [3.63, 3.8) is 0 Å². The zero-order valence-corrected chi connectivity index (χ0v) is 41.2. The normalized spacial score (nSPS) is 37.6. The van der Waals surface area contributed by atoms with Crippen LogP contribution in [0.3, 0.4) is 0 Å². The number of carboxylic acid groups (broad SMARTS) is 1. The van der Waals surface area contributed by atoms with Crippen LogP contribution in [0.2, 0.25) is 0 Å². The summed E-state index contributed by atoms with van der Waals surface area (Å²) in [7, 11) is 8.83. The lowest BCUT2D eigenvalue weighted by Crippen LogP contribution is -2.61. The van der Waals surface area contributed by atoms with E-state index in [1.54, 1.807) is 24.3 Å². The second-order valence-electron chi connectivity index (χ2n) is 21.3. The van der Waals surface area contributed by atoms with Gasteiger partial charge in [-0.1, -0.05) is 51.4 Å². The minimum Gasteiger partial charge on any atom is -0.493 e.